The lowest BCUT2D eigenvalue weighted by Gasteiger charge is -2.20. The Morgan fingerprint density at radius 1 is 0.788 bits per heavy atom. The standard InChI is InChI=1S/C29H35NO3/c1-31-26-16-13-23-10-6-7-11-25(30-19-18-22-8-4-3-5-9-22)15-12-24-14-17-27(32-2)29(21-24)33-28(26)20-23/h3-5,8-9,13-14,16-17,20-21,25,30H,6-7,10-12,15,18-19H2,1-2H3. The molecule has 33 heavy (non-hydrogen) atoms. The number of benzene rings is 3. The fourth-order valence-corrected chi connectivity index (χ4v) is 4.51. The van der Waals surface area contributed by atoms with Crippen LogP contribution in [-0.2, 0) is 19.3 Å². The second-order valence-electron chi connectivity index (χ2n) is 8.74. The first-order valence-electron chi connectivity index (χ1n) is 12.0. The maximum atomic E-state index is 6.32. The topological polar surface area (TPSA) is 39.7 Å². The highest BCUT2D eigenvalue weighted by atomic mass is 16.5. The molecular formula is C29H35NO3. The molecule has 3 aromatic rings. The van der Waals surface area contributed by atoms with Crippen LogP contribution < -0.4 is 19.5 Å². The normalized spacial score (nSPS) is 16.4. The van der Waals surface area contributed by atoms with E-state index in [4.69, 9.17) is 14.2 Å². The van der Waals surface area contributed by atoms with Gasteiger partial charge in [0.1, 0.15) is 0 Å². The summed E-state index contributed by atoms with van der Waals surface area (Å²) in [6, 6.07) is 23.7. The third kappa shape index (κ3) is 6.52. The van der Waals surface area contributed by atoms with Crippen LogP contribution >= 0.6 is 0 Å². The molecule has 1 atom stereocenters. The second kappa shape index (κ2) is 11.8. The number of ether oxygens (including phenoxy) is 3. The molecule has 1 heterocycles. The summed E-state index contributed by atoms with van der Waals surface area (Å²) in [5.41, 5.74) is 3.91. The Hall–Kier alpha value is -2.98. The summed E-state index contributed by atoms with van der Waals surface area (Å²) in [5, 5.41) is 3.83. The molecule has 174 valence electrons. The summed E-state index contributed by atoms with van der Waals surface area (Å²) in [4.78, 5) is 0. The lowest BCUT2D eigenvalue weighted by molar-refractivity contribution is 0.355. The highest BCUT2D eigenvalue weighted by molar-refractivity contribution is 5.50. The van der Waals surface area contributed by atoms with Crippen LogP contribution in [-0.4, -0.2) is 26.8 Å². The van der Waals surface area contributed by atoms with Crippen LogP contribution in [0.5, 0.6) is 23.0 Å². The van der Waals surface area contributed by atoms with E-state index in [-0.39, 0.29) is 0 Å². The highest BCUT2D eigenvalue weighted by Crippen LogP contribution is 2.38. The Morgan fingerprint density at radius 3 is 2.12 bits per heavy atom. The van der Waals surface area contributed by atoms with Crippen molar-refractivity contribution in [3.05, 3.63) is 83.4 Å². The highest BCUT2D eigenvalue weighted by Gasteiger charge is 2.15. The van der Waals surface area contributed by atoms with Gasteiger partial charge in [0.25, 0.3) is 0 Å². The minimum atomic E-state index is 0.509. The zero-order valence-electron chi connectivity index (χ0n) is 19.8. The van der Waals surface area contributed by atoms with Crippen molar-refractivity contribution in [3.8, 4) is 23.0 Å². The van der Waals surface area contributed by atoms with E-state index in [9.17, 15) is 0 Å². The predicted molar refractivity (Wildman–Crippen MR) is 134 cm³/mol. The molecule has 4 heteroatoms. The molecule has 3 aromatic carbocycles. The van der Waals surface area contributed by atoms with E-state index >= 15 is 0 Å². The number of methoxy groups -OCH3 is 2. The van der Waals surface area contributed by atoms with Crippen molar-refractivity contribution in [1.82, 2.24) is 5.32 Å². The van der Waals surface area contributed by atoms with Gasteiger partial charge in [-0.15, -0.1) is 0 Å². The van der Waals surface area contributed by atoms with Crippen LogP contribution in [0.2, 0.25) is 0 Å². The largest absolute Gasteiger partial charge is 0.493 e. The average molecular weight is 446 g/mol. The van der Waals surface area contributed by atoms with Gasteiger partial charge in [-0.2, -0.15) is 0 Å². The molecule has 0 fully saturated rings. The number of hydrogen-bond acceptors (Lipinski definition) is 4. The minimum absolute atomic E-state index is 0.509. The number of fused-ring (bicyclic) bond motifs is 4. The fraction of sp³-hybridized carbons (Fsp3) is 0.379. The smallest absolute Gasteiger partial charge is 0.169 e. The van der Waals surface area contributed by atoms with Crippen molar-refractivity contribution in [2.75, 3.05) is 20.8 Å². The Kier molecular flexibility index (Phi) is 8.26. The summed E-state index contributed by atoms with van der Waals surface area (Å²) < 4.78 is 17.4. The van der Waals surface area contributed by atoms with Gasteiger partial charge in [-0.1, -0.05) is 48.9 Å². The molecule has 4 nitrogen and oxygen atoms in total. The van der Waals surface area contributed by atoms with Gasteiger partial charge in [-0.05, 0) is 86.0 Å². The minimum Gasteiger partial charge on any atom is -0.493 e. The van der Waals surface area contributed by atoms with E-state index in [1.165, 1.54) is 29.5 Å². The summed E-state index contributed by atoms with van der Waals surface area (Å²) in [6.07, 6.45) is 7.77. The van der Waals surface area contributed by atoms with Crippen LogP contribution in [0.1, 0.15) is 42.4 Å². The van der Waals surface area contributed by atoms with E-state index in [0.29, 0.717) is 6.04 Å². The molecular weight excluding hydrogens is 410 g/mol. The van der Waals surface area contributed by atoms with E-state index in [1.54, 1.807) is 14.2 Å². The maximum Gasteiger partial charge on any atom is 0.169 e. The third-order valence-corrected chi connectivity index (χ3v) is 6.42. The van der Waals surface area contributed by atoms with Gasteiger partial charge < -0.3 is 19.5 Å². The van der Waals surface area contributed by atoms with Gasteiger partial charge in [-0.3, -0.25) is 0 Å². The first-order valence-corrected chi connectivity index (χ1v) is 12.0. The zero-order valence-corrected chi connectivity index (χ0v) is 19.8. The van der Waals surface area contributed by atoms with Crippen molar-refractivity contribution in [2.24, 2.45) is 0 Å². The van der Waals surface area contributed by atoms with Crippen molar-refractivity contribution in [1.29, 1.82) is 0 Å². The van der Waals surface area contributed by atoms with Crippen molar-refractivity contribution in [3.63, 3.8) is 0 Å². The molecule has 0 spiro atoms. The van der Waals surface area contributed by atoms with E-state index in [2.05, 4.69) is 59.9 Å². The molecule has 4 bridgehead atoms. The molecule has 0 radical (unpaired) electrons. The van der Waals surface area contributed by atoms with Crippen molar-refractivity contribution in [2.45, 2.75) is 51.0 Å². The molecule has 1 unspecified atom stereocenters. The van der Waals surface area contributed by atoms with Gasteiger partial charge in [0.2, 0.25) is 0 Å². The van der Waals surface area contributed by atoms with Crippen LogP contribution in [0.25, 0.3) is 0 Å². The second-order valence-corrected chi connectivity index (χ2v) is 8.74. The quantitative estimate of drug-likeness (QED) is 0.479. The lowest BCUT2D eigenvalue weighted by Crippen LogP contribution is -2.31. The van der Waals surface area contributed by atoms with E-state index < -0.39 is 0 Å². The van der Waals surface area contributed by atoms with Crippen molar-refractivity contribution < 1.29 is 14.2 Å². The van der Waals surface area contributed by atoms with Gasteiger partial charge in [0, 0.05) is 6.04 Å². The molecule has 4 rings (SSSR count). The first-order chi connectivity index (χ1) is 16.2. The van der Waals surface area contributed by atoms with Gasteiger partial charge in [0.15, 0.2) is 23.0 Å². The van der Waals surface area contributed by atoms with Crippen LogP contribution in [0, 0.1) is 0 Å². The van der Waals surface area contributed by atoms with Crippen LogP contribution in [0.3, 0.4) is 0 Å². The SMILES string of the molecule is COc1ccc2cc1Oc1cc(ccc1OC)CCC(NCCc1ccccc1)CCCC2. The number of hydrogen-bond donors (Lipinski definition) is 1. The van der Waals surface area contributed by atoms with Crippen molar-refractivity contribution >= 4 is 0 Å². The summed E-state index contributed by atoms with van der Waals surface area (Å²) >= 11 is 0. The third-order valence-electron chi connectivity index (χ3n) is 6.42. The van der Waals surface area contributed by atoms with Gasteiger partial charge in [-0.25, -0.2) is 0 Å². The molecule has 0 aromatic heterocycles. The molecule has 1 aliphatic rings. The molecule has 0 aliphatic carbocycles. The number of aryl methyl sites for hydroxylation is 2. The number of rotatable bonds is 6. The molecule has 0 amide bonds. The monoisotopic (exact) mass is 445 g/mol. The lowest BCUT2D eigenvalue weighted by atomic mass is 9.98. The summed E-state index contributed by atoms with van der Waals surface area (Å²) in [6.45, 7) is 1.01. The molecule has 0 saturated heterocycles. The Balaban J connectivity index is 1.50. The summed E-state index contributed by atoms with van der Waals surface area (Å²) in [5.74, 6) is 2.94. The van der Waals surface area contributed by atoms with E-state index in [1.807, 2.05) is 12.1 Å². The fourth-order valence-electron chi connectivity index (χ4n) is 4.51. The van der Waals surface area contributed by atoms with Crippen LogP contribution in [0.4, 0.5) is 0 Å². The Labute approximate surface area is 197 Å². The first kappa shape index (κ1) is 23.2. The maximum absolute atomic E-state index is 6.32. The molecule has 1 aliphatic heterocycles. The Morgan fingerprint density at radius 2 is 1.45 bits per heavy atom. The average Bonchev–Trinajstić information content (AvgIpc) is 2.85. The van der Waals surface area contributed by atoms with Gasteiger partial charge >= 0.3 is 0 Å². The molecule has 1 N–H and O–H groups in total. The zero-order chi connectivity index (χ0) is 22.9. The van der Waals surface area contributed by atoms with E-state index in [0.717, 1.165) is 61.6 Å². The Bertz CT molecular complexity index is 1020. The number of nitrogens with one attached hydrogen (secondary N) is 1. The predicted octanol–water partition coefficient (Wildman–Crippen LogP) is 6.36. The van der Waals surface area contributed by atoms with Crippen LogP contribution in [0.15, 0.2) is 66.7 Å². The van der Waals surface area contributed by atoms with Gasteiger partial charge in [0.05, 0.1) is 14.2 Å². The summed E-state index contributed by atoms with van der Waals surface area (Å²) in [7, 11) is 3.36. The molecule has 0 saturated carbocycles.